The molecule has 21 heavy (non-hydrogen) atoms. The van der Waals surface area contributed by atoms with E-state index in [1.54, 1.807) is 42.7 Å². The van der Waals surface area contributed by atoms with Gasteiger partial charge in [-0.15, -0.1) is 0 Å². The van der Waals surface area contributed by atoms with Crippen molar-refractivity contribution in [1.29, 1.82) is 0 Å². The highest BCUT2D eigenvalue weighted by Crippen LogP contribution is 2.21. The number of aliphatic hydroxyl groups is 1. The first kappa shape index (κ1) is 15.6. The molecule has 1 aromatic heterocycles. The van der Waals surface area contributed by atoms with Crippen LogP contribution in [0, 0.1) is 0 Å². The predicted octanol–water partition coefficient (Wildman–Crippen LogP) is 3.63. The van der Waals surface area contributed by atoms with Gasteiger partial charge in [0.05, 0.1) is 12.3 Å². The van der Waals surface area contributed by atoms with Crippen LogP contribution in [0.3, 0.4) is 0 Å². The SMILES string of the molecule is CC(C)Oc1cncc(C(O)COc2ccc(Cl)cc2)c1. The van der Waals surface area contributed by atoms with Gasteiger partial charge < -0.3 is 14.6 Å². The maximum absolute atomic E-state index is 10.1. The van der Waals surface area contributed by atoms with Crippen molar-refractivity contribution in [1.82, 2.24) is 4.98 Å². The van der Waals surface area contributed by atoms with E-state index in [1.807, 2.05) is 13.8 Å². The molecule has 0 bridgehead atoms. The van der Waals surface area contributed by atoms with Crippen molar-refractivity contribution in [2.24, 2.45) is 0 Å². The summed E-state index contributed by atoms with van der Waals surface area (Å²) in [6.45, 7) is 4.01. The van der Waals surface area contributed by atoms with Gasteiger partial charge in [-0.25, -0.2) is 0 Å². The Morgan fingerprint density at radius 2 is 1.86 bits per heavy atom. The Morgan fingerprint density at radius 3 is 2.52 bits per heavy atom. The number of hydrogen-bond donors (Lipinski definition) is 1. The average molecular weight is 308 g/mol. The number of ether oxygens (including phenoxy) is 2. The predicted molar refractivity (Wildman–Crippen MR) is 81.9 cm³/mol. The first-order valence-corrected chi connectivity index (χ1v) is 7.10. The average Bonchev–Trinajstić information content (AvgIpc) is 2.46. The molecule has 0 saturated carbocycles. The summed E-state index contributed by atoms with van der Waals surface area (Å²) in [5.41, 5.74) is 0.655. The molecule has 0 spiro atoms. The maximum atomic E-state index is 10.1. The molecule has 2 rings (SSSR count). The minimum Gasteiger partial charge on any atom is -0.491 e. The van der Waals surface area contributed by atoms with E-state index in [4.69, 9.17) is 21.1 Å². The first-order chi connectivity index (χ1) is 10.0. The van der Waals surface area contributed by atoms with E-state index in [9.17, 15) is 5.11 Å². The van der Waals surface area contributed by atoms with Crippen LogP contribution in [0.2, 0.25) is 5.02 Å². The van der Waals surface area contributed by atoms with Crippen molar-refractivity contribution in [3.05, 3.63) is 53.3 Å². The van der Waals surface area contributed by atoms with E-state index in [2.05, 4.69) is 4.98 Å². The van der Waals surface area contributed by atoms with Gasteiger partial charge in [0.1, 0.15) is 24.2 Å². The third-order valence-corrected chi connectivity index (χ3v) is 2.96. The van der Waals surface area contributed by atoms with Gasteiger partial charge in [-0.05, 0) is 44.2 Å². The minimum absolute atomic E-state index is 0.0597. The van der Waals surface area contributed by atoms with E-state index >= 15 is 0 Å². The molecule has 1 aromatic carbocycles. The van der Waals surface area contributed by atoms with Crippen LogP contribution in [0.15, 0.2) is 42.7 Å². The summed E-state index contributed by atoms with van der Waals surface area (Å²) in [7, 11) is 0. The number of aromatic nitrogens is 1. The van der Waals surface area contributed by atoms with Crippen LogP contribution in [0.25, 0.3) is 0 Å². The van der Waals surface area contributed by atoms with Crippen LogP contribution in [0.1, 0.15) is 25.5 Å². The molecule has 4 nitrogen and oxygen atoms in total. The molecule has 1 N–H and O–H groups in total. The standard InChI is InChI=1S/C16H18ClNO3/c1-11(2)21-15-7-12(8-18-9-15)16(19)10-20-14-5-3-13(17)4-6-14/h3-9,11,16,19H,10H2,1-2H3. The quantitative estimate of drug-likeness (QED) is 0.885. The number of halogens is 1. The summed E-state index contributed by atoms with van der Waals surface area (Å²) in [4.78, 5) is 4.07. The van der Waals surface area contributed by atoms with Crippen LogP contribution in [0.5, 0.6) is 11.5 Å². The third-order valence-electron chi connectivity index (χ3n) is 2.71. The Balaban J connectivity index is 1.96. The van der Waals surface area contributed by atoms with Gasteiger partial charge in [0, 0.05) is 16.8 Å². The Kier molecular flexibility index (Phi) is 5.42. The smallest absolute Gasteiger partial charge is 0.138 e. The molecule has 5 heteroatoms. The van der Waals surface area contributed by atoms with Crippen molar-refractivity contribution in [3.8, 4) is 11.5 Å². The van der Waals surface area contributed by atoms with Gasteiger partial charge in [0.15, 0.2) is 0 Å². The van der Waals surface area contributed by atoms with Gasteiger partial charge in [-0.3, -0.25) is 4.98 Å². The molecular formula is C16H18ClNO3. The van der Waals surface area contributed by atoms with Crippen LogP contribution in [-0.2, 0) is 0 Å². The Hall–Kier alpha value is -1.78. The summed E-state index contributed by atoms with van der Waals surface area (Å²) in [5.74, 6) is 1.29. The minimum atomic E-state index is -0.774. The molecule has 0 radical (unpaired) electrons. The second-order valence-electron chi connectivity index (χ2n) is 4.90. The number of hydrogen-bond acceptors (Lipinski definition) is 4. The van der Waals surface area contributed by atoms with Gasteiger partial charge in [0.25, 0.3) is 0 Å². The molecule has 0 aliphatic carbocycles. The molecule has 1 atom stereocenters. The number of rotatable bonds is 6. The van der Waals surface area contributed by atoms with E-state index in [0.29, 0.717) is 22.1 Å². The van der Waals surface area contributed by atoms with Crippen LogP contribution < -0.4 is 9.47 Å². The van der Waals surface area contributed by atoms with Gasteiger partial charge >= 0.3 is 0 Å². The highest BCUT2D eigenvalue weighted by Gasteiger charge is 2.11. The van der Waals surface area contributed by atoms with Crippen molar-refractivity contribution in [3.63, 3.8) is 0 Å². The molecule has 2 aromatic rings. The van der Waals surface area contributed by atoms with Crippen LogP contribution in [0.4, 0.5) is 0 Å². The summed E-state index contributed by atoms with van der Waals surface area (Å²) in [6.07, 6.45) is 2.51. The molecule has 0 aliphatic heterocycles. The first-order valence-electron chi connectivity index (χ1n) is 6.72. The molecular weight excluding hydrogens is 290 g/mol. The second kappa shape index (κ2) is 7.29. The number of benzene rings is 1. The topological polar surface area (TPSA) is 51.6 Å². The van der Waals surface area contributed by atoms with Crippen LogP contribution >= 0.6 is 11.6 Å². The van der Waals surface area contributed by atoms with E-state index in [1.165, 1.54) is 0 Å². The van der Waals surface area contributed by atoms with Crippen molar-refractivity contribution in [2.45, 2.75) is 26.1 Å². The van der Waals surface area contributed by atoms with Gasteiger partial charge in [-0.2, -0.15) is 0 Å². The molecule has 1 unspecified atom stereocenters. The number of pyridine rings is 1. The fourth-order valence-corrected chi connectivity index (χ4v) is 1.88. The molecule has 1 heterocycles. The number of aliphatic hydroxyl groups excluding tert-OH is 1. The molecule has 0 aliphatic rings. The van der Waals surface area contributed by atoms with Crippen molar-refractivity contribution < 1.29 is 14.6 Å². The summed E-state index contributed by atoms with van der Waals surface area (Å²) >= 11 is 5.80. The van der Waals surface area contributed by atoms with Crippen molar-refractivity contribution >= 4 is 11.6 Å². The molecule has 0 saturated heterocycles. The van der Waals surface area contributed by atoms with Crippen LogP contribution in [-0.4, -0.2) is 22.8 Å². The maximum Gasteiger partial charge on any atom is 0.138 e. The Morgan fingerprint density at radius 1 is 1.14 bits per heavy atom. The zero-order valence-electron chi connectivity index (χ0n) is 12.0. The Bertz CT molecular complexity index is 572. The molecule has 0 amide bonds. The molecule has 112 valence electrons. The lowest BCUT2D eigenvalue weighted by Crippen LogP contribution is -2.11. The lowest BCUT2D eigenvalue weighted by Gasteiger charge is -2.14. The fraction of sp³-hybridized carbons (Fsp3) is 0.312. The van der Waals surface area contributed by atoms with E-state index < -0.39 is 6.10 Å². The number of nitrogens with zero attached hydrogens (tertiary/aromatic N) is 1. The highest BCUT2D eigenvalue weighted by atomic mass is 35.5. The van der Waals surface area contributed by atoms with Gasteiger partial charge in [-0.1, -0.05) is 11.6 Å². The largest absolute Gasteiger partial charge is 0.491 e. The highest BCUT2D eigenvalue weighted by molar-refractivity contribution is 6.30. The second-order valence-corrected chi connectivity index (χ2v) is 5.34. The van der Waals surface area contributed by atoms with E-state index in [0.717, 1.165) is 0 Å². The van der Waals surface area contributed by atoms with E-state index in [-0.39, 0.29) is 12.7 Å². The van der Waals surface area contributed by atoms with Gasteiger partial charge in [0.2, 0.25) is 0 Å². The lowest BCUT2D eigenvalue weighted by molar-refractivity contribution is 0.107. The summed E-state index contributed by atoms with van der Waals surface area (Å²) in [6, 6.07) is 8.75. The summed E-state index contributed by atoms with van der Waals surface area (Å²) in [5, 5.41) is 10.8. The molecule has 0 fully saturated rings. The summed E-state index contributed by atoms with van der Waals surface area (Å²) < 4.78 is 11.1. The lowest BCUT2D eigenvalue weighted by atomic mass is 10.2. The Labute approximate surface area is 129 Å². The monoisotopic (exact) mass is 307 g/mol. The normalized spacial score (nSPS) is 12.2. The van der Waals surface area contributed by atoms with Crippen molar-refractivity contribution in [2.75, 3.05) is 6.61 Å². The zero-order chi connectivity index (χ0) is 15.2. The third kappa shape index (κ3) is 4.92. The zero-order valence-corrected chi connectivity index (χ0v) is 12.7. The fourth-order valence-electron chi connectivity index (χ4n) is 1.76.